The van der Waals surface area contributed by atoms with Crippen LogP contribution in [0.2, 0.25) is 0 Å². The van der Waals surface area contributed by atoms with Crippen LogP contribution in [-0.2, 0) is 10.0 Å². The highest BCUT2D eigenvalue weighted by molar-refractivity contribution is 9.10. The van der Waals surface area contributed by atoms with E-state index in [9.17, 15) is 12.8 Å². The monoisotopic (exact) mass is 322 g/mol. The first-order valence-corrected chi connectivity index (χ1v) is 7.41. The molecule has 17 heavy (non-hydrogen) atoms. The molecule has 7 heteroatoms. The van der Waals surface area contributed by atoms with Crippen molar-refractivity contribution in [1.29, 1.82) is 0 Å². The van der Waals surface area contributed by atoms with Crippen LogP contribution in [0.15, 0.2) is 21.5 Å². The number of halogens is 2. The molecular formula is C10H12BrFN2O2S. The number of anilines is 1. The molecule has 0 aliphatic carbocycles. The van der Waals surface area contributed by atoms with Gasteiger partial charge in [-0.2, -0.15) is 4.31 Å². The van der Waals surface area contributed by atoms with E-state index in [1.807, 2.05) is 0 Å². The van der Waals surface area contributed by atoms with Gasteiger partial charge < -0.3 is 5.73 Å². The third-order valence-corrected chi connectivity index (χ3v) is 5.30. The van der Waals surface area contributed by atoms with Crippen molar-refractivity contribution in [3.63, 3.8) is 0 Å². The number of hydrogen-bond acceptors (Lipinski definition) is 3. The van der Waals surface area contributed by atoms with E-state index in [0.717, 1.165) is 18.9 Å². The van der Waals surface area contributed by atoms with Gasteiger partial charge in [-0.05, 0) is 40.9 Å². The van der Waals surface area contributed by atoms with E-state index >= 15 is 0 Å². The van der Waals surface area contributed by atoms with E-state index < -0.39 is 15.8 Å². The molecule has 1 aromatic carbocycles. The highest BCUT2D eigenvalue weighted by Crippen LogP contribution is 2.29. The van der Waals surface area contributed by atoms with E-state index in [1.54, 1.807) is 0 Å². The largest absolute Gasteiger partial charge is 0.398 e. The molecule has 1 aliphatic heterocycles. The third-order valence-electron chi connectivity index (χ3n) is 2.74. The molecule has 94 valence electrons. The fraction of sp³-hybridized carbons (Fsp3) is 0.400. The van der Waals surface area contributed by atoms with E-state index in [4.69, 9.17) is 5.73 Å². The standard InChI is InChI=1S/C10H12BrFN2O2S/c11-7-5-10(9(13)6-8(7)12)17(15,16)14-3-1-2-4-14/h5-6H,1-4,13H2. The van der Waals surface area contributed by atoms with Gasteiger partial charge >= 0.3 is 0 Å². The van der Waals surface area contributed by atoms with Crippen LogP contribution >= 0.6 is 15.9 Å². The summed E-state index contributed by atoms with van der Waals surface area (Å²) in [7, 11) is -3.60. The predicted molar refractivity (Wildman–Crippen MR) is 66.5 cm³/mol. The lowest BCUT2D eigenvalue weighted by molar-refractivity contribution is 0.477. The molecule has 0 aromatic heterocycles. The summed E-state index contributed by atoms with van der Waals surface area (Å²) in [6.07, 6.45) is 1.70. The Balaban J connectivity index is 2.49. The first-order chi connectivity index (χ1) is 7.93. The molecule has 2 rings (SSSR count). The van der Waals surface area contributed by atoms with Gasteiger partial charge in [0.05, 0.1) is 10.2 Å². The second-order valence-electron chi connectivity index (χ2n) is 3.92. The van der Waals surface area contributed by atoms with Crippen LogP contribution < -0.4 is 5.73 Å². The molecule has 2 N–H and O–H groups in total. The summed E-state index contributed by atoms with van der Waals surface area (Å²) in [5, 5.41) is 0. The van der Waals surface area contributed by atoms with Crippen molar-refractivity contribution >= 4 is 31.6 Å². The molecule has 0 atom stereocenters. The Morgan fingerprint density at radius 1 is 1.29 bits per heavy atom. The Hall–Kier alpha value is -0.660. The highest BCUT2D eigenvalue weighted by atomic mass is 79.9. The average molecular weight is 323 g/mol. The number of nitrogens with zero attached hydrogens (tertiary/aromatic N) is 1. The van der Waals surface area contributed by atoms with Crippen molar-refractivity contribution in [3.05, 3.63) is 22.4 Å². The lowest BCUT2D eigenvalue weighted by atomic mass is 10.3. The van der Waals surface area contributed by atoms with Crippen molar-refractivity contribution in [2.24, 2.45) is 0 Å². The zero-order valence-corrected chi connectivity index (χ0v) is 11.4. The van der Waals surface area contributed by atoms with Gasteiger partial charge in [0.2, 0.25) is 10.0 Å². The normalized spacial score (nSPS) is 17.5. The van der Waals surface area contributed by atoms with Crippen molar-refractivity contribution < 1.29 is 12.8 Å². The zero-order chi connectivity index (χ0) is 12.6. The number of nitrogens with two attached hydrogens (primary N) is 1. The smallest absolute Gasteiger partial charge is 0.245 e. The summed E-state index contributed by atoms with van der Waals surface area (Å²) in [6.45, 7) is 0.994. The SMILES string of the molecule is Nc1cc(F)c(Br)cc1S(=O)(=O)N1CCCC1. The summed E-state index contributed by atoms with van der Waals surface area (Å²) in [5.41, 5.74) is 5.52. The summed E-state index contributed by atoms with van der Waals surface area (Å²) >= 11 is 2.97. The van der Waals surface area contributed by atoms with Crippen LogP contribution in [0.5, 0.6) is 0 Å². The molecule has 4 nitrogen and oxygen atoms in total. The number of hydrogen-bond donors (Lipinski definition) is 1. The Morgan fingerprint density at radius 3 is 2.47 bits per heavy atom. The van der Waals surface area contributed by atoms with Crippen molar-refractivity contribution in [1.82, 2.24) is 4.31 Å². The Labute approximate surface area is 108 Å². The summed E-state index contributed by atoms with van der Waals surface area (Å²) < 4.78 is 39.1. The Morgan fingerprint density at radius 2 is 1.88 bits per heavy atom. The molecule has 0 amide bonds. The number of nitrogen functional groups attached to an aromatic ring is 1. The Kier molecular flexibility index (Phi) is 3.42. The van der Waals surface area contributed by atoms with Gasteiger partial charge in [0, 0.05) is 13.1 Å². The van der Waals surface area contributed by atoms with Gasteiger partial charge in [0.15, 0.2) is 0 Å². The molecule has 0 unspecified atom stereocenters. The quantitative estimate of drug-likeness (QED) is 0.846. The van der Waals surface area contributed by atoms with Gasteiger partial charge in [0.25, 0.3) is 0 Å². The first-order valence-electron chi connectivity index (χ1n) is 5.17. The van der Waals surface area contributed by atoms with Gasteiger partial charge in [-0.25, -0.2) is 12.8 Å². The Bertz CT molecular complexity index is 541. The van der Waals surface area contributed by atoms with Crippen molar-refractivity contribution in [2.75, 3.05) is 18.8 Å². The minimum atomic E-state index is -3.60. The lowest BCUT2D eigenvalue weighted by Gasteiger charge is -2.17. The first kappa shape index (κ1) is 12.8. The fourth-order valence-corrected chi connectivity index (χ4v) is 3.97. The molecule has 1 heterocycles. The topological polar surface area (TPSA) is 63.4 Å². The van der Waals surface area contributed by atoms with Crippen LogP contribution in [0.4, 0.5) is 10.1 Å². The minimum absolute atomic E-state index is 0.0346. The zero-order valence-electron chi connectivity index (χ0n) is 8.99. The molecular weight excluding hydrogens is 311 g/mol. The molecule has 0 bridgehead atoms. The third kappa shape index (κ3) is 2.31. The number of benzene rings is 1. The van der Waals surface area contributed by atoms with Gasteiger partial charge in [-0.1, -0.05) is 0 Å². The van der Waals surface area contributed by atoms with Gasteiger partial charge in [-0.3, -0.25) is 0 Å². The van der Waals surface area contributed by atoms with Crippen LogP contribution in [0.3, 0.4) is 0 Å². The average Bonchev–Trinajstić information content (AvgIpc) is 2.77. The van der Waals surface area contributed by atoms with Crippen LogP contribution in [-0.4, -0.2) is 25.8 Å². The molecule has 1 aliphatic rings. The van der Waals surface area contributed by atoms with Crippen molar-refractivity contribution in [3.8, 4) is 0 Å². The maximum absolute atomic E-state index is 13.2. The van der Waals surface area contributed by atoms with E-state index in [0.29, 0.717) is 13.1 Å². The van der Waals surface area contributed by atoms with E-state index in [1.165, 1.54) is 10.4 Å². The number of sulfonamides is 1. The van der Waals surface area contributed by atoms with Gasteiger partial charge in [0.1, 0.15) is 10.7 Å². The molecule has 0 radical (unpaired) electrons. The molecule has 0 spiro atoms. The lowest BCUT2D eigenvalue weighted by Crippen LogP contribution is -2.28. The molecule has 1 saturated heterocycles. The van der Waals surface area contributed by atoms with Crippen LogP contribution in [0, 0.1) is 5.82 Å². The fourth-order valence-electron chi connectivity index (χ4n) is 1.83. The second-order valence-corrected chi connectivity index (χ2v) is 6.68. The van der Waals surface area contributed by atoms with Gasteiger partial charge in [-0.15, -0.1) is 0 Å². The second kappa shape index (κ2) is 4.55. The predicted octanol–water partition coefficient (Wildman–Crippen LogP) is 1.95. The highest BCUT2D eigenvalue weighted by Gasteiger charge is 2.29. The van der Waals surface area contributed by atoms with Crippen molar-refractivity contribution in [2.45, 2.75) is 17.7 Å². The molecule has 1 aromatic rings. The molecule has 0 saturated carbocycles. The van der Waals surface area contributed by atoms with E-state index in [2.05, 4.69) is 15.9 Å². The maximum Gasteiger partial charge on any atom is 0.245 e. The minimum Gasteiger partial charge on any atom is -0.398 e. The van der Waals surface area contributed by atoms with Crippen LogP contribution in [0.25, 0.3) is 0 Å². The van der Waals surface area contributed by atoms with Crippen LogP contribution in [0.1, 0.15) is 12.8 Å². The maximum atomic E-state index is 13.2. The summed E-state index contributed by atoms with van der Waals surface area (Å²) in [6, 6.07) is 2.24. The summed E-state index contributed by atoms with van der Waals surface area (Å²) in [4.78, 5) is -0.0346. The molecule has 1 fully saturated rings. The number of rotatable bonds is 2. The van der Waals surface area contributed by atoms with E-state index in [-0.39, 0.29) is 15.1 Å². The summed E-state index contributed by atoms with van der Waals surface area (Å²) in [5.74, 6) is -0.567.